The Morgan fingerprint density at radius 1 is 1.53 bits per heavy atom. The monoisotopic (exact) mass is 215 g/mol. The third-order valence-electron chi connectivity index (χ3n) is 1.99. The largest absolute Gasteiger partial charge is 0.382 e. The van der Waals surface area contributed by atoms with E-state index in [2.05, 4.69) is 10.1 Å². The normalized spacial score (nSPS) is 15.2. The highest BCUT2D eigenvalue weighted by Gasteiger charge is 2.19. The van der Waals surface area contributed by atoms with Crippen molar-refractivity contribution in [3.63, 3.8) is 0 Å². The van der Waals surface area contributed by atoms with E-state index in [1.54, 1.807) is 0 Å². The highest BCUT2D eigenvalue weighted by Crippen LogP contribution is 2.19. The van der Waals surface area contributed by atoms with E-state index in [0.29, 0.717) is 12.4 Å². The summed E-state index contributed by atoms with van der Waals surface area (Å²) in [6, 6.07) is 0. The minimum atomic E-state index is -0.898. The van der Waals surface area contributed by atoms with Gasteiger partial charge in [0.05, 0.1) is 0 Å². The van der Waals surface area contributed by atoms with Crippen LogP contribution in [0.3, 0.4) is 0 Å². The first-order chi connectivity index (χ1) is 7.22. The summed E-state index contributed by atoms with van der Waals surface area (Å²) in [7, 11) is 0. The summed E-state index contributed by atoms with van der Waals surface area (Å²) in [5.41, 5.74) is 5.27. The Labute approximate surface area is 88.4 Å². The number of nitrogens with two attached hydrogens (primary N) is 1. The molecule has 0 aliphatic carbocycles. The summed E-state index contributed by atoms with van der Waals surface area (Å²) in [4.78, 5) is 4.04. The van der Waals surface area contributed by atoms with Gasteiger partial charge in [0.25, 0.3) is 5.89 Å². The second-order valence-corrected chi connectivity index (χ2v) is 3.09. The molecule has 0 amide bonds. The summed E-state index contributed by atoms with van der Waals surface area (Å²) in [5, 5.41) is 13.1. The van der Waals surface area contributed by atoms with E-state index >= 15 is 0 Å². The Bertz CT molecular complexity index is 290. The van der Waals surface area contributed by atoms with Gasteiger partial charge in [-0.1, -0.05) is 12.1 Å². The molecular weight excluding hydrogens is 198 g/mol. The molecule has 1 aromatic rings. The number of rotatable bonds is 6. The van der Waals surface area contributed by atoms with Gasteiger partial charge < -0.3 is 20.1 Å². The molecule has 0 fully saturated rings. The Morgan fingerprint density at radius 2 is 2.27 bits per heavy atom. The van der Waals surface area contributed by atoms with Gasteiger partial charge in [0.15, 0.2) is 0 Å². The third-order valence-corrected chi connectivity index (χ3v) is 1.99. The first-order valence-corrected chi connectivity index (χ1v) is 5.06. The van der Waals surface area contributed by atoms with Gasteiger partial charge in [-0.15, -0.1) is 0 Å². The molecule has 15 heavy (non-hydrogen) atoms. The molecule has 6 nitrogen and oxygen atoms in total. The van der Waals surface area contributed by atoms with E-state index in [1.807, 2.05) is 13.8 Å². The van der Waals surface area contributed by atoms with Gasteiger partial charge in [-0.05, 0) is 13.3 Å². The van der Waals surface area contributed by atoms with Crippen molar-refractivity contribution >= 4 is 0 Å². The van der Waals surface area contributed by atoms with Crippen LogP contribution in [0.15, 0.2) is 4.52 Å². The van der Waals surface area contributed by atoms with Crippen LogP contribution in [-0.2, 0) is 4.74 Å². The van der Waals surface area contributed by atoms with Crippen molar-refractivity contribution in [2.45, 2.75) is 32.5 Å². The van der Waals surface area contributed by atoms with Crippen LogP contribution in [-0.4, -0.2) is 28.4 Å². The van der Waals surface area contributed by atoms with Gasteiger partial charge in [0.2, 0.25) is 5.82 Å². The standard InChI is InChI=1S/C9H17N3O3/c1-3-7(14-4-2)8-11-9(15-12-8)6(13)5-10/h6-7,13H,3-5,10H2,1-2H3. The number of aromatic nitrogens is 2. The Hall–Kier alpha value is -0.980. The molecule has 3 N–H and O–H groups in total. The van der Waals surface area contributed by atoms with Crippen LogP contribution in [0.5, 0.6) is 0 Å². The fourth-order valence-electron chi connectivity index (χ4n) is 1.19. The van der Waals surface area contributed by atoms with Crippen molar-refractivity contribution in [3.05, 3.63) is 11.7 Å². The SMILES string of the molecule is CCOC(CC)c1noc(C(O)CN)n1. The van der Waals surface area contributed by atoms with Crippen LogP contribution in [0.4, 0.5) is 0 Å². The topological polar surface area (TPSA) is 94.4 Å². The van der Waals surface area contributed by atoms with E-state index in [4.69, 9.17) is 15.0 Å². The summed E-state index contributed by atoms with van der Waals surface area (Å²) in [5.74, 6) is 0.604. The van der Waals surface area contributed by atoms with E-state index in [9.17, 15) is 5.11 Å². The molecule has 1 rings (SSSR count). The lowest BCUT2D eigenvalue weighted by Crippen LogP contribution is -2.12. The van der Waals surface area contributed by atoms with Gasteiger partial charge in [0.1, 0.15) is 12.2 Å². The number of hydrogen-bond acceptors (Lipinski definition) is 6. The number of aliphatic hydroxyl groups excluding tert-OH is 1. The van der Waals surface area contributed by atoms with Gasteiger partial charge in [-0.2, -0.15) is 4.98 Å². The van der Waals surface area contributed by atoms with E-state index in [-0.39, 0.29) is 18.5 Å². The summed E-state index contributed by atoms with van der Waals surface area (Å²) < 4.78 is 10.3. The number of hydrogen-bond donors (Lipinski definition) is 2. The molecule has 0 bridgehead atoms. The lowest BCUT2D eigenvalue weighted by atomic mass is 10.2. The molecule has 0 saturated heterocycles. The van der Waals surface area contributed by atoms with Crippen LogP contribution in [0.25, 0.3) is 0 Å². The minimum Gasteiger partial charge on any atom is -0.382 e. The smallest absolute Gasteiger partial charge is 0.256 e. The van der Waals surface area contributed by atoms with Gasteiger partial charge in [-0.25, -0.2) is 0 Å². The average molecular weight is 215 g/mol. The van der Waals surface area contributed by atoms with Crippen molar-refractivity contribution in [1.29, 1.82) is 0 Å². The second-order valence-electron chi connectivity index (χ2n) is 3.09. The van der Waals surface area contributed by atoms with Crippen LogP contribution in [0.2, 0.25) is 0 Å². The predicted molar refractivity (Wildman–Crippen MR) is 53.0 cm³/mol. The lowest BCUT2D eigenvalue weighted by Gasteiger charge is -2.09. The van der Waals surface area contributed by atoms with Crippen molar-refractivity contribution in [1.82, 2.24) is 10.1 Å². The van der Waals surface area contributed by atoms with E-state index in [0.717, 1.165) is 6.42 Å². The predicted octanol–water partition coefficient (Wildman–Crippen LogP) is 0.549. The van der Waals surface area contributed by atoms with Gasteiger partial charge in [0, 0.05) is 13.2 Å². The minimum absolute atomic E-state index is 0.0626. The fraction of sp³-hybridized carbons (Fsp3) is 0.778. The zero-order chi connectivity index (χ0) is 11.3. The molecule has 0 aliphatic rings. The maximum absolute atomic E-state index is 9.36. The lowest BCUT2D eigenvalue weighted by molar-refractivity contribution is 0.0518. The fourth-order valence-corrected chi connectivity index (χ4v) is 1.19. The maximum atomic E-state index is 9.36. The molecule has 0 radical (unpaired) electrons. The van der Waals surface area contributed by atoms with Crippen molar-refractivity contribution in [3.8, 4) is 0 Å². The van der Waals surface area contributed by atoms with E-state index < -0.39 is 6.10 Å². The molecule has 0 aromatic carbocycles. The highest BCUT2D eigenvalue weighted by atomic mass is 16.5. The van der Waals surface area contributed by atoms with Crippen LogP contribution < -0.4 is 5.73 Å². The quantitative estimate of drug-likeness (QED) is 0.719. The molecule has 0 spiro atoms. The number of ether oxygens (including phenoxy) is 1. The molecule has 2 atom stereocenters. The zero-order valence-corrected chi connectivity index (χ0v) is 9.01. The molecule has 1 aromatic heterocycles. The summed E-state index contributed by atoms with van der Waals surface area (Å²) in [6.45, 7) is 4.52. The first-order valence-electron chi connectivity index (χ1n) is 5.06. The molecule has 0 saturated carbocycles. The van der Waals surface area contributed by atoms with Crippen molar-refractivity contribution < 1.29 is 14.4 Å². The maximum Gasteiger partial charge on any atom is 0.256 e. The second kappa shape index (κ2) is 5.79. The number of aliphatic hydroxyl groups is 1. The first kappa shape index (κ1) is 12.1. The molecule has 2 unspecified atom stereocenters. The molecule has 6 heteroatoms. The molecule has 86 valence electrons. The zero-order valence-electron chi connectivity index (χ0n) is 9.01. The summed E-state index contributed by atoms with van der Waals surface area (Å²) in [6.07, 6.45) is -0.325. The Morgan fingerprint density at radius 3 is 2.80 bits per heavy atom. The third kappa shape index (κ3) is 2.98. The van der Waals surface area contributed by atoms with Gasteiger partial charge >= 0.3 is 0 Å². The van der Waals surface area contributed by atoms with Crippen molar-refractivity contribution in [2.75, 3.05) is 13.2 Å². The van der Waals surface area contributed by atoms with E-state index in [1.165, 1.54) is 0 Å². The molecular formula is C9H17N3O3. The van der Waals surface area contributed by atoms with Crippen LogP contribution in [0.1, 0.15) is 44.2 Å². The molecule has 0 aliphatic heterocycles. The highest BCUT2D eigenvalue weighted by molar-refractivity contribution is 4.93. The average Bonchev–Trinajstić information content (AvgIpc) is 2.73. The molecule has 1 heterocycles. The summed E-state index contributed by atoms with van der Waals surface area (Å²) >= 11 is 0. The van der Waals surface area contributed by atoms with Crippen LogP contribution in [0, 0.1) is 0 Å². The van der Waals surface area contributed by atoms with Gasteiger partial charge in [-0.3, -0.25) is 0 Å². The van der Waals surface area contributed by atoms with Crippen LogP contribution >= 0.6 is 0 Å². The Balaban J connectivity index is 2.72. The Kier molecular flexibility index (Phi) is 4.67. The van der Waals surface area contributed by atoms with Crippen molar-refractivity contribution in [2.24, 2.45) is 5.73 Å². The number of nitrogens with zero attached hydrogens (tertiary/aromatic N) is 2.